The van der Waals surface area contributed by atoms with Crippen molar-refractivity contribution in [1.29, 1.82) is 0 Å². The van der Waals surface area contributed by atoms with Gasteiger partial charge in [-0.25, -0.2) is 9.59 Å². The second-order valence-electron chi connectivity index (χ2n) is 7.21. The zero-order valence-corrected chi connectivity index (χ0v) is 18.1. The lowest BCUT2D eigenvalue weighted by atomic mass is 10.0. The van der Waals surface area contributed by atoms with Gasteiger partial charge in [0.25, 0.3) is 5.91 Å². The van der Waals surface area contributed by atoms with E-state index in [1.165, 1.54) is 7.11 Å². The molecule has 0 spiro atoms. The third kappa shape index (κ3) is 7.52. The molecule has 1 amide bonds. The highest BCUT2D eigenvalue weighted by Gasteiger charge is 2.27. The average Bonchev–Trinajstić information content (AvgIpc) is 2.63. The summed E-state index contributed by atoms with van der Waals surface area (Å²) < 4.78 is 10.2. The quantitative estimate of drug-likeness (QED) is 0.603. The van der Waals surface area contributed by atoms with E-state index < -0.39 is 35.5 Å². The number of benzene rings is 1. The fourth-order valence-corrected chi connectivity index (χ4v) is 2.98. The van der Waals surface area contributed by atoms with Crippen molar-refractivity contribution in [3.05, 3.63) is 35.4 Å². The monoisotopic (exact) mass is 410 g/mol. The number of amides is 1. The summed E-state index contributed by atoms with van der Waals surface area (Å²) in [5.41, 5.74) is 0.328. The van der Waals surface area contributed by atoms with Crippen LogP contribution in [0, 0.1) is 0 Å². The summed E-state index contributed by atoms with van der Waals surface area (Å²) in [6, 6.07) is 5.24. The van der Waals surface area contributed by atoms with E-state index in [9.17, 15) is 14.4 Å². The molecular formula is C20H30N2O5S. The fourth-order valence-electron chi connectivity index (χ4n) is 2.51. The Morgan fingerprint density at radius 3 is 2.39 bits per heavy atom. The molecule has 1 aromatic carbocycles. The number of esters is 2. The fraction of sp³-hybridized carbons (Fsp3) is 0.550. The molecule has 2 atom stereocenters. The van der Waals surface area contributed by atoms with Crippen LogP contribution in [0.5, 0.6) is 0 Å². The van der Waals surface area contributed by atoms with E-state index in [2.05, 4.69) is 10.6 Å². The van der Waals surface area contributed by atoms with Gasteiger partial charge < -0.3 is 20.1 Å². The van der Waals surface area contributed by atoms with Crippen LogP contribution in [-0.4, -0.2) is 55.7 Å². The van der Waals surface area contributed by atoms with Crippen molar-refractivity contribution in [1.82, 2.24) is 10.6 Å². The number of likely N-dealkylation sites (N-methyl/N-ethyl adjacent to an activating group) is 1. The Morgan fingerprint density at radius 1 is 1.18 bits per heavy atom. The standard InChI is InChI=1S/C20H30N2O5S/c1-20(2,3)27-19(25)16(21-4)13-8-7-9-14(12-13)17(23)22-15(10-11-28-6)18(24)26-5/h7-9,12,15-16,21H,10-11H2,1-6H3,(H,22,23)/t15-,16?/m0/s1. The summed E-state index contributed by atoms with van der Waals surface area (Å²) in [7, 11) is 2.94. The van der Waals surface area contributed by atoms with Gasteiger partial charge in [-0.1, -0.05) is 12.1 Å². The van der Waals surface area contributed by atoms with Gasteiger partial charge in [0, 0.05) is 5.56 Å². The molecule has 1 rings (SSSR count). The number of hydrogen-bond donors (Lipinski definition) is 2. The van der Waals surface area contributed by atoms with Crippen LogP contribution in [0.4, 0.5) is 0 Å². The molecule has 0 aromatic heterocycles. The van der Waals surface area contributed by atoms with Gasteiger partial charge in [-0.3, -0.25) is 4.79 Å². The van der Waals surface area contributed by atoms with E-state index in [1.807, 2.05) is 6.26 Å². The minimum atomic E-state index is -0.723. The number of methoxy groups -OCH3 is 1. The van der Waals surface area contributed by atoms with E-state index in [-0.39, 0.29) is 0 Å². The van der Waals surface area contributed by atoms with E-state index in [4.69, 9.17) is 9.47 Å². The molecular weight excluding hydrogens is 380 g/mol. The smallest absolute Gasteiger partial charge is 0.328 e. The zero-order valence-electron chi connectivity index (χ0n) is 17.3. The summed E-state index contributed by atoms with van der Waals surface area (Å²) in [5, 5.41) is 5.63. The first kappa shape index (κ1) is 24.0. The normalized spacial score (nSPS) is 13.4. The van der Waals surface area contributed by atoms with Crippen molar-refractivity contribution in [2.45, 2.75) is 44.9 Å². The number of carbonyl (C=O) groups excluding carboxylic acids is 3. The molecule has 1 unspecified atom stereocenters. The van der Waals surface area contributed by atoms with Gasteiger partial charge in [-0.15, -0.1) is 0 Å². The Kier molecular flexibility index (Phi) is 9.48. The van der Waals surface area contributed by atoms with Crippen LogP contribution in [0.3, 0.4) is 0 Å². The number of hydrogen-bond acceptors (Lipinski definition) is 7. The number of ether oxygens (including phenoxy) is 2. The van der Waals surface area contributed by atoms with E-state index in [0.29, 0.717) is 23.3 Å². The lowest BCUT2D eigenvalue weighted by Crippen LogP contribution is -2.42. The molecule has 1 aromatic rings. The van der Waals surface area contributed by atoms with Crippen molar-refractivity contribution >= 4 is 29.6 Å². The third-order valence-corrected chi connectivity index (χ3v) is 4.46. The first-order chi connectivity index (χ1) is 13.1. The molecule has 156 valence electrons. The van der Waals surface area contributed by atoms with Gasteiger partial charge in [0.1, 0.15) is 17.7 Å². The Hall–Kier alpha value is -2.06. The van der Waals surface area contributed by atoms with Gasteiger partial charge >= 0.3 is 11.9 Å². The molecule has 8 heteroatoms. The highest BCUT2D eigenvalue weighted by molar-refractivity contribution is 7.98. The van der Waals surface area contributed by atoms with Crippen molar-refractivity contribution in [3.63, 3.8) is 0 Å². The predicted molar refractivity (Wildman–Crippen MR) is 110 cm³/mol. The number of nitrogens with one attached hydrogen (secondary N) is 2. The molecule has 7 nitrogen and oxygen atoms in total. The molecule has 0 fully saturated rings. The average molecular weight is 411 g/mol. The minimum Gasteiger partial charge on any atom is -0.467 e. The van der Waals surface area contributed by atoms with Crippen molar-refractivity contribution in [2.24, 2.45) is 0 Å². The van der Waals surface area contributed by atoms with Crippen LogP contribution in [0.2, 0.25) is 0 Å². The maximum Gasteiger partial charge on any atom is 0.328 e. The molecule has 0 saturated carbocycles. The highest BCUT2D eigenvalue weighted by atomic mass is 32.2. The molecule has 28 heavy (non-hydrogen) atoms. The Labute approximate surface area is 170 Å². The largest absolute Gasteiger partial charge is 0.467 e. The van der Waals surface area contributed by atoms with E-state index in [0.717, 1.165) is 0 Å². The first-order valence-corrected chi connectivity index (χ1v) is 10.4. The number of rotatable bonds is 9. The maximum absolute atomic E-state index is 12.6. The maximum atomic E-state index is 12.6. The van der Waals surface area contributed by atoms with Gasteiger partial charge in [0.2, 0.25) is 0 Å². The lowest BCUT2D eigenvalue weighted by Gasteiger charge is -2.24. The molecule has 0 bridgehead atoms. The van der Waals surface area contributed by atoms with Crippen LogP contribution in [-0.2, 0) is 19.1 Å². The Morgan fingerprint density at radius 2 is 1.86 bits per heavy atom. The van der Waals surface area contributed by atoms with Crippen LogP contribution in [0.1, 0.15) is 49.2 Å². The number of thioether (sulfide) groups is 1. The van der Waals surface area contributed by atoms with E-state index in [1.54, 1.807) is 63.8 Å². The topological polar surface area (TPSA) is 93.7 Å². The SMILES string of the molecule is CNC(C(=O)OC(C)(C)C)c1cccc(C(=O)N[C@@H](CCSC)C(=O)OC)c1. The summed E-state index contributed by atoms with van der Waals surface area (Å²) >= 11 is 1.58. The predicted octanol–water partition coefficient (Wildman–Crippen LogP) is 2.31. The minimum absolute atomic E-state index is 0.347. The molecule has 0 heterocycles. The van der Waals surface area contributed by atoms with Crippen LogP contribution >= 0.6 is 11.8 Å². The summed E-state index contributed by atoms with van der Waals surface area (Å²) in [5.74, 6) is -0.613. The summed E-state index contributed by atoms with van der Waals surface area (Å²) in [6.07, 6.45) is 2.39. The van der Waals surface area contributed by atoms with Crippen LogP contribution in [0.25, 0.3) is 0 Å². The summed E-state index contributed by atoms with van der Waals surface area (Å²) in [6.45, 7) is 5.38. The Bertz CT molecular complexity index is 687. The highest BCUT2D eigenvalue weighted by Crippen LogP contribution is 2.20. The molecule has 0 aliphatic carbocycles. The second-order valence-corrected chi connectivity index (χ2v) is 8.20. The van der Waals surface area contributed by atoms with Gasteiger partial charge in [-0.2, -0.15) is 11.8 Å². The second kappa shape index (κ2) is 11.1. The van der Waals surface area contributed by atoms with Gasteiger partial charge in [0.15, 0.2) is 0 Å². The van der Waals surface area contributed by atoms with E-state index >= 15 is 0 Å². The molecule has 0 saturated heterocycles. The molecule has 0 aliphatic heterocycles. The number of carbonyl (C=O) groups is 3. The third-order valence-electron chi connectivity index (χ3n) is 3.81. The lowest BCUT2D eigenvalue weighted by molar-refractivity contribution is -0.157. The molecule has 0 radical (unpaired) electrons. The summed E-state index contributed by atoms with van der Waals surface area (Å²) in [4.78, 5) is 37.0. The molecule has 0 aliphatic rings. The Balaban J connectivity index is 2.99. The van der Waals surface area contributed by atoms with Crippen LogP contribution in [0.15, 0.2) is 24.3 Å². The van der Waals surface area contributed by atoms with Gasteiger partial charge in [0.05, 0.1) is 7.11 Å². The first-order valence-electron chi connectivity index (χ1n) is 9.00. The van der Waals surface area contributed by atoms with Crippen molar-refractivity contribution in [2.75, 3.05) is 26.2 Å². The van der Waals surface area contributed by atoms with Crippen molar-refractivity contribution in [3.8, 4) is 0 Å². The van der Waals surface area contributed by atoms with Crippen LogP contribution < -0.4 is 10.6 Å². The molecule has 2 N–H and O–H groups in total. The van der Waals surface area contributed by atoms with Gasteiger partial charge in [-0.05, 0) is 63.9 Å². The zero-order chi connectivity index (χ0) is 21.3. The van der Waals surface area contributed by atoms with Crippen molar-refractivity contribution < 1.29 is 23.9 Å².